The largest absolute Gasteiger partial charge is 0.490 e. The molecule has 3 rings (SSSR count). The number of nitrogens with one attached hydrogen (secondary N) is 2. The number of hydrogen-bond acceptors (Lipinski definition) is 5. The van der Waals surface area contributed by atoms with Crippen LogP contribution in [0.2, 0.25) is 5.02 Å². The van der Waals surface area contributed by atoms with Crippen molar-refractivity contribution in [2.24, 2.45) is 0 Å². The van der Waals surface area contributed by atoms with Crippen molar-refractivity contribution >= 4 is 33.2 Å². The molecule has 0 aromatic heterocycles. The first-order valence-corrected chi connectivity index (χ1v) is 10.7. The molecular formula is C19H21ClN2O5S. The van der Waals surface area contributed by atoms with Gasteiger partial charge in [0.2, 0.25) is 15.9 Å². The number of ether oxygens (including phenoxy) is 2. The third-order valence-electron chi connectivity index (χ3n) is 4.07. The number of carbonyl (C=O) groups is 1. The first-order valence-electron chi connectivity index (χ1n) is 8.80. The summed E-state index contributed by atoms with van der Waals surface area (Å²) in [5.74, 6) is 0.574. The van der Waals surface area contributed by atoms with E-state index in [9.17, 15) is 13.2 Å². The van der Waals surface area contributed by atoms with Gasteiger partial charge in [-0.05, 0) is 36.8 Å². The van der Waals surface area contributed by atoms with Gasteiger partial charge >= 0.3 is 0 Å². The van der Waals surface area contributed by atoms with Crippen molar-refractivity contribution in [3.8, 4) is 11.5 Å². The molecule has 0 bridgehead atoms. The van der Waals surface area contributed by atoms with Crippen LogP contribution in [0.4, 0.5) is 5.69 Å². The van der Waals surface area contributed by atoms with E-state index >= 15 is 0 Å². The number of hydrogen-bond donors (Lipinski definition) is 2. The zero-order chi connectivity index (χ0) is 20.1. The summed E-state index contributed by atoms with van der Waals surface area (Å²) in [6.45, 7) is 2.83. The van der Waals surface area contributed by atoms with Crippen LogP contribution >= 0.6 is 11.6 Å². The quantitative estimate of drug-likeness (QED) is 0.743. The fourth-order valence-electron chi connectivity index (χ4n) is 2.63. The van der Waals surface area contributed by atoms with Gasteiger partial charge in [-0.3, -0.25) is 4.79 Å². The van der Waals surface area contributed by atoms with Gasteiger partial charge in [0, 0.05) is 25.5 Å². The van der Waals surface area contributed by atoms with E-state index in [1.54, 1.807) is 18.2 Å². The number of aryl methyl sites for hydroxylation is 1. The molecule has 0 radical (unpaired) electrons. The number of rotatable bonds is 6. The Kier molecular flexibility index (Phi) is 6.43. The Morgan fingerprint density at radius 1 is 1.11 bits per heavy atom. The number of benzene rings is 2. The lowest BCUT2D eigenvalue weighted by atomic mass is 10.2. The smallest absolute Gasteiger partial charge is 0.240 e. The lowest BCUT2D eigenvalue weighted by Crippen LogP contribution is -2.28. The summed E-state index contributed by atoms with van der Waals surface area (Å²) < 4.78 is 38.4. The second-order valence-corrected chi connectivity index (χ2v) is 8.51. The molecule has 0 saturated heterocycles. The van der Waals surface area contributed by atoms with Gasteiger partial charge in [0.05, 0.1) is 28.8 Å². The van der Waals surface area contributed by atoms with Gasteiger partial charge in [0.25, 0.3) is 0 Å². The highest BCUT2D eigenvalue weighted by Crippen LogP contribution is 2.31. The molecule has 0 spiro atoms. The SMILES string of the molecule is Cc1ccc(NC(=O)CCNS(=O)(=O)c2ccc3c(c2)OCCCO3)c(Cl)c1. The minimum Gasteiger partial charge on any atom is -0.490 e. The van der Waals surface area contributed by atoms with E-state index in [0.717, 1.165) is 12.0 Å². The lowest BCUT2D eigenvalue weighted by molar-refractivity contribution is -0.116. The molecule has 1 heterocycles. The molecule has 1 aliphatic heterocycles. The Labute approximate surface area is 169 Å². The lowest BCUT2D eigenvalue weighted by Gasteiger charge is -2.11. The van der Waals surface area contributed by atoms with Crippen LogP contribution in [0.15, 0.2) is 41.3 Å². The van der Waals surface area contributed by atoms with Gasteiger partial charge in [-0.15, -0.1) is 0 Å². The normalized spacial score (nSPS) is 13.6. The zero-order valence-corrected chi connectivity index (χ0v) is 16.9. The molecule has 28 heavy (non-hydrogen) atoms. The van der Waals surface area contributed by atoms with E-state index in [-0.39, 0.29) is 23.8 Å². The molecule has 1 amide bonds. The Morgan fingerprint density at radius 2 is 1.86 bits per heavy atom. The average molecular weight is 425 g/mol. The molecule has 9 heteroatoms. The standard InChI is InChI=1S/C19H21ClN2O5S/c1-13-3-5-16(15(20)11-13)22-19(23)7-8-21-28(24,25)14-4-6-17-18(12-14)27-10-2-9-26-17/h3-6,11-12,21H,2,7-10H2,1H3,(H,22,23). The fourth-order valence-corrected chi connectivity index (χ4v) is 3.96. The second kappa shape index (κ2) is 8.81. The maximum Gasteiger partial charge on any atom is 0.240 e. The van der Waals surface area contributed by atoms with Gasteiger partial charge in [-0.2, -0.15) is 0 Å². The Morgan fingerprint density at radius 3 is 2.61 bits per heavy atom. The van der Waals surface area contributed by atoms with Crippen LogP contribution in [0.1, 0.15) is 18.4 Å². The van der Waals surface area contributed by atoms with Crippen LogP contribution in [0.3, 0.4) is 0 Å². The van der Waals surface area contributed by atoms with Crippen molar-refractivity contribution in [1.82, 2.24) is 4.72 Å². The van der Waals surface area contributed by atoms with E-state index < -0.39 is 10.0 Å². The summed E-state index contributed by atoms with van der Waals surface area (Å²) in [5.41, 5.74) is 1.47. The third kappa shape index (κ3) is 5.15. The minimum atomic E-state index is -3.78. The van der Waals surface area contributed by atoms with E-state index in [1.807, 2.05) is 13.0 Å². The van der Waals surface area contributed by atoms with Gasteiger partial charge in [0.15, 0.2) is 11.5 Å². The molecule has 0 atom stereocenters. The molecule has 2 aromatic carbocycles. The molecular weight excluding hydrogens is 404 g/mol. The van der Waals surface area contributed by atoms with Crippen LogP contribution < -0.4 is 19.5 Å². The molecule has 7 nitrogen and oxygen atoms in total. The Hall–Kier alpha value is -2.29. The molecule has 150 valence electrons. The van der Waals surface area contributed by atoms with Crippen molar-refractivity contribution < 1.29 is 22.7 Å². The minimum absolute atomic E-state index is 0.0337. The Balaban J connectivity index is 1.57. The highest BCUT2D eigenvalue weighted by molar-refractivity contribution is 7.89. The number of fused-ring (bicyclic) bond motifs is 1. The van der Waals surface area contributed by atoms with Crippen molar-refractivity contribution in [1.29, 1.82) is 0 Å². The van der Waals surface area contributed by atoms with E-state index in [1.165, 1.54) is 12.1 Å². The van der Waals surface area contributed by atoms with Gasteiger partial charge in [0.1, 0.15) is 0 Å². The number of sulfonamides is 1. The van der Waals surface area contributed by atoms with Crippen LogP contribution in [0, 0.1) is 6.92 Å². The molecule has 0 unspecified atom stereocenters. The topological polar surface area (TPSA) is 93.7 Å². The molecule has 2 aromatic rings. The highest BCUT2D eigenvalue weighted by Gasteiger charge is 2.19. The fraction of sp³-hybridized carbons (Fsp3) is 0.316. The summed E-state index contributed by atoms with van der Waals surface area (Å²) in [6.07, 6.45) is 0.698. The average Bonchev–Trinajstić information content (AvgIpc) is 2.88. The third-order valence-corrected chi connectivity index (χ3v) is 5.84. The molecule has 0 saturated carbocycles. The number of anilines is 1. The number of halogens is 1. The zero-order valence-electron chi connectivity index (χ0n) is 15.3. The van der Waals surface area contributed by atoms with Crippen molar-refractivity contribution in [3.05, 3.63) is 47.0 Å². The molecule has 0 fully saturated rings. The van der Waals surface area contributed by atoms with Crippen LogP contribution in [-0.2, 0) is 14.8 Å². The van der Waals surface area contributed by atoms with Crippen LogP contribution in [0.5, 0.6) is 11.5 Å². The Bertz CT molecular complexity index is 978. The van der Waals surface area contributed by atoms with Gasteiger partial charge in [-0.1, -0.05) is 17.7 Å². The van der Waals surface area contributed by atoms with Gasteiger partial charge < -0.3 is 14.8 Å². The summed E-state index contributed by atoms with van der Waals surface area (Å²) in [4.78, 5) is 12.1. The summed E-state index contributed by atoms with van der Waals surface area (Å²) in [5, 5.41) is 3.10. The van der Waals surface area contributed by atoms with E-state index in [0.29, 0.717) is 35.4 Å². The summed E-state index contributed by atoms with van der Waals surface area (Å²) >= 11 is 6.08. The predicted octanol–water partition coefficient (Wildman–Crippen LogP) is 3.12. The first-order chi connectivity index (χ1) is 13.3. The maximum absolute atomic E-state index is 12.5. The second-order valence-electron chi connectivity index (χ2n) is 6.34. The summed E-state index contributed by atoms with van der Waals surface area (Å²) in [6, 6.07) is 9.72. The highest BCUT2D eigenvalue weighted by atomic mass is 35.5. The number of carbonyl (C=O) groups excluding carboxylic acids is 1. The first kappa shape index (κ1) is 20.4. The molecule has 2 N–H and O–H groups in total. The molecule has 1 aliphatic rings. The van der Waals surface area contributed by atoms with Crippen molar-refractivity contribution in [3.63, 3.8) is 0 Å². The maximum atomic E-state index is 12.5. The van der Waals surface area contributed by atoms with Crippen molar-refractivity contribution in [2.75, 3.05) is 25.1 Å². The van der Waals surface area contributed by atoms with Crippen molar-refractivity contribution in [2.45, 2.75) is 24.7 Å². The molecule has 0 aliphatic carbocycles. The van der Waals surface area contributed by atoms with Crippen LogP contribution in [0.25, 0.3) is 0 Å². The van der Waals surface area contributed by atoms with E-state index in [4.69, 9.17) is 21.1 Å². The monoisotopic (exact) mass is 424 g/mol. The van der Waals surface area contributed by atoms with E-state index in [2.05, 4.69) is 10.0 Å². The summed E-state index contributed by atoms with van der Waals surface area (Å²) in [7, 11) is -3.78. The van der Waals surface area contributed by atoms with Gasteiger partial charge in [-0.25, -0.2) is 13.1 Å². The predicted molar refractivity (Wildman–Crippen MR) is 107 cm³/mol. The van der Waals surface area contributed by atoms with Crippen LogP contribution in [-0.4, -0.2) is 34.1 Å². The number of amides is 1.